The number of amides is 2. The van der Waals surface area contributed by atoms with Crippen LogP contribution < -0.4 is 15.5 Å². The summed E-state index contributed by atoms with van der Waals surface area (Å²) in [5.41, 5.74) is 3.19. The minimum absolute atomic E-state index is 0.131. The van der Waals surface area contributed by atoms with Gasteiger partial charge in [0.25, 0.3) is 0 Å². The number of rotatable bonds is 4. The molecule has 1 fully saturated rings. The molecule has 1 aromatic heterocycles. The molecule has 0 atom stereocenters. The highest BCUT2D eigenvalue weighted by molar-refractivity contribution is 5.89. The van der Waals surface area contributed by atoms with Gasteiger partial charge in [-0.2, -0.15) is 0 Å². The average molecular weight is 324 g/mol. The van der Waals surface area contributed by atoms with Gasteiger partial charge in [-0.3, -0.25) is 4.98 Å². The van der Waals surface area contributed by atoms with Crippen molar-refractivity contribution >= 4 is 17.4 Å². The van der Waals surface area contributed by atoms with E-state index in [9.17, 15) is 4.79 Å². The quantitative estimate of drug-likeness (QED) is 0.906. The van der Waals surface area contributed by atoms with Gasteiger partial charge < -0.3 is 15.5 Å². The summed E-state index contributed by atoms with van der Waals surface area (Å²) >= 11 is 0. The number of urea groups is 1. The van der Waals surface area contributed by atoms with Gasteiger partial charge in [0, 0.05) is 31.5 Å². The molecular weight excluding hydrogens is 300 g/mol. The summed E-state index contributed by atoms with van der Waals surface area (Å²) in [5, 5.41) is 5.86. The number of hydrogen-bond donors (Lipinski definition) is 2. The Morgan fingerprint density at radius 1 is 1.21 bits per heavy atom. The Labute approximate surface area is 143 Å². The molecule has 5 heteroatoms. The Morgan fingerprint density at radius 2 is 1.96 bits per heavy atom. The molecule has 0 aliphatic carbocycles. The molecule has 5 nitrogen and oxygen atoms in total. The van der Waals surface area contributed by atoms with Crippen molar-refractivity contribution in [1.82, 2.24) is 10.3 Å². The Kier molecular flexibility index (Phi) is 5.31. The normalized spacial score (nSPS) is 15.1. The number of benzene rings is 1. The Hall–Kier alpha value is -2.56. The molecule has 1 aliphatic rings. The number of aromatic nitrogens is 1. The molecule has 2 aromatic rings. The highest BCUT2D eigenvalue weighted by Crippen LogP contribution is 2.22. The van der Waals surface area contributed by atoms with Crippen molar-refractivity contribution in [3.05, 3.63) is 54.4 Å². The van der Waals surface area contributed by atoms with E-state index in [1.54, 1.807) is 6.20 Å². The van der Waals surface area contributed by atoms with Gasteiger partial charge in [0.2, 0.25) is 0 Å². The average Bonchev–Trinajstić information content (AvgIpc) is 2.63. The summed E-state index contributed by atoms with van der Waals surface area (Å²) in [7, 11) is 0. The number of piperidine rings is 1. The van der Waals surface area contributed by atoms with Gasteiger partial charge in [0.1, 0.15) is 0 Å². The van der Waals surface area contributed by atoms with E-state index < -0.39 is 0 Å². The summed E-state index contributed by atoms with van der Waals surface area (Å²) in [6.45, 7) is 4.77. The predicted molar refractivity (Wildman–Crippen MR) is 97.4 cm³/mol. The van der Waals surface area contributed by atoms with Crippen molar-refractivity contribution in [3.63, 3.8) is 0 Å². The summed E-state index contributed by atoms with van der Waals surface area (Å²) in [5.74, 6) is 0.529. The second-order valence-corrected chi connectivity index (χ2v) is 6.34. The van der Waals surface area contributed by atoms with E-state index in [0.717, 1.165) is 38.2 Å². The van der Waals surface area contributed by atoms with Crippen LogP contribution in [0.3, 0.4) is 0 Å². The predicted octanol–water partition coefficient (Wildman–Crippen LogP) is 3.43. The highest BCUT2D eigenvalue weighted by atomic mass is 16.2. The topological polar surface area (TPSA) is 57.3 Å². The van der Waals surface area contributed by atoms with Crippen LogP contribution in [0.5, 0.6) is 0 Å². The molecule has 2 heterocycles. The number of carbonyl (C=O) groups excluding carboxylic acids is 1. The van der Waals surface area contributed by atoms with E-state index >= 15 is 0 Å². The Bertz CT molecular complexity index is 649. The molecule has 1 aromatic carbocycles. The lowest BCUT2D eigenvalue weighted by molar-refractivity contribution is 0.248. The fraction of sp³-hybridized carbons (Fsp3) is 0.368. The van der Waals surface area contributed by atoms with Gasteiger partial charge in [-0.15, -0.1) is 0 Å². The number of anilines is 2. The van der Waals surface area contributed by atoms with Gasteiger partial charge in [-0.25, -0.2) is 4.79 Å². The zero-order chi connectivity index (χ0) is 16.8. The molecular formula is C19H24N4O. The molecule has 3 rings (SSSR count). The third-order valence-corrected chi connectivity index (χ3v) is 4.49. The van der Waals surface area contributed by atoms with Crippen LogP contribution in [0.2, 0.25) is 0 Å². The maximum absolute atomic E-state index is 12.0. The zero-order valence-corrected chi connectivity index (χ0v) is 14.0. The second kappa shape index (κ2) is 7.81. The van der Waals surface area contributed by atoms with Crippen molar-refractivity contribution < 1.29 is 4.79 Å². The fourth-order valence-electron chi connectivity index (χ4n) is 2.99. The number of carbonyl (C=O) groups is 1. The van der Waals surface area contributed by atoms with Crippen molar-refractivity contribution in [1.29, 1.82) is 0 Å². The first kappa shape index (κ1) is 16.3. The number of pyridine rings is 1. The maximum atomic E-state index is 12.0. The molecule has 0 unspecified atom stereocenters. The lowest BCUT2D eigenvalue weighted by Crippen LogP contribution is -2.39. The first-order valence-corrected chi connectivity index (χ1v) is 8.47. The summed E-state index contributed by atoms with van der Waals surface area (Å²) in [4.78, 5) is 18.5. The van der Waals surface area contributed by atoms with Crippen LogP contribution in [0.1, 0.15) is 18.4 Å². The minimum Gasteiger partial charge on any atom is -0.370 e. The summed E-state index contributed by atoms with van der Waals surface area (Å²) in [6.07, 6.45) is 5.87. The second-order valence-electron chi connectivity index (χ2n) is 6.34. The Balaban J connectivity index is 1.40. The lowest BCUT2D eigenvalue weighted by Gasteiger charge is -2.33. The number of nitrogens with one attached hydrogen (secondary N) is 2. The van der Waals surface area contributed by atoms with Crippen LogP contribution in [0.4, 0.5) is 16.2 Å². The Morgan fingerprint density at radius 3 is 2.62 bits per heavy atom. The molecule has 1 aliphatic heterocycles. The van der Waals surface area contributed by atoms with E-state index in [1.165, 1.54) is 11.3 Å². The molecule has 1 saturated heterocycles. The zero-order valence-electron chi connectivity index (χ0n) is 14.0. The first-order valence-electron chi connectivity index (χ1n) is 8.47. The van der Waals surface area contributed by atoms with Crippen LogP contribution in [-0.2, 0) is 0 Å². The molecule has 126 valence electrons. The third-order valence-electron chi connectivity index (χ3n) is 4.49. The molecule has 2 amide bonds. The lowest BCUT2D eigenvalue weighted by atomic mass is 9.96. The monoisotopic (exact) mass is 324 g/mol. The summed E-state index contributed by atoms with van der Waals surface area (Å²) in [6, 6.07) is 11.8. The molecule has 0 spiro atoms. The smallest absolute Gasteiger partial charge is 0.319 e. The van der Waals surface area contributed by atoms with Crippen molar-refractivity contribution in [2.24, 2.45) is 5.92 Å². The summed E-state index contributed by atoms with van der Waals surface area (Å²) < 4.78 is 0. The highest BCUT2D eigenvalue weighted by Gasteiger charge is 2.20. The van der Waals surface area contributed by atoms with E-state index in [2.05, 4.69) is 26.6 Å². The SMILES string of the molecule is Cc1ccc(NC(=O)NCC2CCN(c3cccnc3)CC2)cc1. The van der Waals surface area contributed by atoms with E-state index in [-0.39, 0.29) is 6.03 Å². The van der Waals surface area contributed by atoms with Crippen LogP contribution in [0.15, 0.2) is 48.8 Å². The van der Waals surface area contributed by atoms with Crippen molar-refractivity contribution in [2.75, 3.05) is 29.9 Å². The fourth-order valence-corrected chi connectivity index (χ4v) is 2.99. The van der Waals surface area contributed by atoms with Gasteiger partial charge in [-0.1, -0.05) is 17.7 Å². The van der Waals surface area contributed by atoms with Crippen molar-refractivity contribution in [3.8, 4) is 0 Å². The van der Waals surface area contributed by atoms with E-state index in [0.29, 0.717) is 5.92 Å². The van der Waals surface area contributed by atoms with Crippen LogP contribution in [0.25, 0.3) is 0 Å². The van der Waals surface area contributed by atoms with Gasteiger partial charge in [-0.05, 0) is 49.9 Å². The van der Waals surface area contributed by atoms with Crippen LogP contribution >= 0.6 is 0 Å². The standard InChI is InChI=1S/C19H24N4O/c1-15-4-6-17(7-5-15)22-19(24)21-13-16-8-11-23(12-9-16)18-3-2-10-20-14-18/h2-7,10,14,16H,8-9,11-13H2,1H3,(H2,21,22,24). The van der Waals surface area contributed by atoms with Crippen molar-refractivity contribution in [2.45, 2.75) is 19.8 Å². The third kappa shape index (κ3) is 4.47. The van der Waals surface area contributed by atoms with E-state index in [1.807, 2.05) is 43.5 Å². The van der Waals surface area contributed by atoms with Gasteiger partial charge in [0.15, 0.2) is 0 Å². The van der Waals surface area contributed by atoms with E-state index in [4.69, 9.17) is 0 Å². The number of nitrogens with zero attached hydrogens (tertiary/aromatic N) is 2. The van der Waals surface area contributed by atoms with Gasteiger partial charge >= 0.3 is 6.03 Å². The first-order chi connectivity index (χ1) is 11.7. The number of hydrogen-bond acceptors (Lipinski definition) is 3. The maximum Gasteiger partial charge on any atom is 0.319 e. The molecule has 0 bridgehead atoms. The van der Waals surface area contributed by atoms with Gasteiger partial charge in [0.05, 0.1) is 11.9 Å². The minimum atomic E-state index is -0.131. The molecule has 2 N–H and O–H groups in total. The largest absolute Gasteiger partial charge is 0.370 e. The number of aryl methyl sites for hydroxylation is 1. The van der Waals surface area contributed by atoms with Crippen LogP contribution in [-0.4, -0.2) is 30.6 Å². The molecule has 24 heavy (non-hydrogen) atoms. The van der Waals surface area contributed by atoms with Crippen LogP contribution in [0, 0.1) is 12.8 Å². The molecule has 0 saturated carbocycles. The molecule has 0 radical (unpaired) electrons.